The Hall–Kier alpha value is -1.95. The summed E-state index contributed by atoms with van der Waals surface area (Å²) >= 11 is 6.03. The molecule has 0 aliphatic heterocycles. The molecule has 0 aliphatic carbocycles. The number of hydrogen-bond acceptors (Lipinski definition) is 11. The van der Waals surface area contributed by atoms with Crippen molar-refractivity contribution in [1.82, 2.24) is 9.80 Å². The van der Waals surface area contributed by atoms with E-state index in [4.69, 9.17) is 36.3 Å². The molecule has 102 heavy (non-hydrogen) atoms. The largest absolute Gasteiger partial charge is 0.466 e. The summed E-state index contributed by atoms with van der Waals surface area (Å²) in [4.78, 5) is 54.7. The maximum atomic E-state index is 12.7. The van der Waals surface area contributed by atoms with Crippen molar-refractivity contribution in [3.05, 3.63) is 0 Å². The van der Waals surface area contributed by atoms with Gasteiger partial charge in [0.25, 0.3) is 0 Å². The molecule has 0 saturated carbocycles. The Labute approximate surface area is 640 Å². The van der Waals surface area contributed by atoms with Gasteiger partial charge in [0.05, 0.1) is 13.2 Å². The number of esters is 4. The van der Waals surface area contributed by atoms with Crippen LogP contribution < -0.4 is 5.73 Å². The average Bonchev–Trinajstić information content (AvgIpc) is 1.48. The minimum atomic E-state index is -0.0144. The van der Waals surface area contributed by atoms with Gasteiger partial charge < -0.3 is 34.5 Å². The third-order valence-electron chi connectivity index (χ3n) is 20.8. The van der Waals surface area contributed by atoms with Crippen molar-refractivity contribution in [2.45, 2.75) is 490 Å². The van der Waals surface area contributed by atoms with Crippen LogP contribution in [0.4, 0.5) is 0 Å². The number of alkyl halides is 1. The lowest BCUT2D eigenvalue weighted by atomic mass is 10.0. The van der Waals surface area contributed by atoms with Crippen molar-refractivity contribution in [3.63, 3.8) is 0 Å². The molecule has 12 heteroatoms. The van der Waals surface area contributed by atoms with Crippen molar-refractivity contribution in [1.29, 1.82) is 0 Å². The first-order valence-corrected chi connectivity index (χ1v) is 46.1. The van der Waals surface area contributed by atoms with Gasteiger partial charge in [-0.15, -0.1) is 11.6 Å². The Bertz CT molecular complexity index is 1530. The zero-order chi connectivity index (χ0) is 74.6. The first kappa shape index (κ1) is 102. The van der Waals surface area contributed by atoms with Crippen molar-refractivity contribution < 1.29 is 38.1 Å². The van der Waals surface area contributed by atoms with Gasteiger partial charge in [0, 0.05) is 31.6 Å². The monoisotopic (exact) mass is 1460 g/mol. The smallest absolute Gasteiger partial charge is 0.306 e. The molecule has 0 aliphatic rings. The van der Waals surface area contributed by atoms with Gasteiger partial charge in [-0.3, -0.25) is 19.2 Å². The minimum Gasteiger partial charge on any atom is -0.466 e. The fourth-order valence-electron chi connectivity index (χ4n) is 14.1. The highest BCUT2D eigenvalue weighted by atomic mass is 35.5. The van der Waals surface area contributed by atoms with E-state index in [-0.39, 0.29) is 36.1 Å². The molecule has 0 aromatic carbocycles. The van der Waals surface area contributed by atoms with Crippen LogP contribution in [0.15, 0.2) is 0 Å². The van der Waals surface area contributed by atoms with Crippen LogP contribution in [0.5, 0.6) is 0 Å². The second-order valence-corrected chi connectivity index (χ2v) is 31.5. The standard InChI is InChI=1S/C45H88ClNO4.C45H90N2O4/c2*1-4-7-10-13-16-25-32-42-50-44(48)36-28-21-17-23-30-39-47(41-33-38-46)40-31-24-18-22-29-37-45(49)51-43(34-26-19-14-11-8-5-2)35-27-20-15-12-9-6-3/h43H,4-42H2,1-3H3;43H,4-42,46H2,1-3H3. The highest BCUT2D eigenvalue weighted by Gasteiger charge is 2.17. The van der Waals surface area contributed by atoms with E-state index in [1.807, 2.05) is 0 Å². The van der Waals surface area contributed by atoms with Crippen LogP contribution in [-0.4, -0.2) is 111 Å². The molecule has 0 atom stereocenters. The highest BCUT2D eigenvalue weighted by Crippen LogP contribution is 2.22. The molecule has 0 saturated heterocycles. The van der Waals surface area contributed by atoms with Gasteiger partial charge in [-0.1, -0.05) is 324 Å². The molecule has 0 fully saturated rings. The van der Waals surface area contributed by atoms with E-state index in [1.165, 1.54) is 308 Å². The summed E-state index contributed by atoms with van der Waals surface area (Å²) < 4.78 is 22.9. The van der Waals surface area contributed by atoms with Crippen LogP contribution in [0.3, 0.4) is 0 Å². The van der Waals surface area contributed by atoms with Gasteiger partial charge in [-0.2, -0.15) is 0 Å². The average molecular weight is 1470 g/mol. The van der Waals surface area contributed by atoms with Gasteiger partial charge in [-0.25, -0.2) is 0 Å². The van der Waals surface area contributed by atoms with E-state index in [0.29, 0.717) is 38.9 Å². The lowest BCUT2D eigenvalue weighted by Gasteiger charge is -2.22. The number of rotatable bonds is 84. The van der Waals surface area contributed by atoms with Gasteiger partial charge in [0.1, 0.15) is 12.2 Å². The molecule has 0 radical (unpaired) electrons. The van der Waals surface area contributed by atoms with E-state index < -0.39 is 0 Å². The minimum absolute atomic E-state index is 0.0138. The molecule has 0 rings (SSSR count). The van der Waals surface area contributed by atoms with Crippen LogP contribution in [0.25, 0.3) is 0 Å². The fraction of sp³-hybridized carbons (Fsp3) is 0.956. The molecular weight excluding hydrogens is 1290 g/mol. The second-order valence-electron chi connectivity index (χ2n) is 31.1. The third kappa shape index (κ3) is 82.1. The molecule has 0 bridgehead atoms. The second kappa shape index (κ2) is 88.0. The van der Waals surface area contributed by atoms with Gasteiger partial charge in [-0.05, 0) is 174 Å². The molecule has 0 aromatic rings. The van der Waals surface area contributed by atoms with Crippen LogP contribution >= 0.6 is 11.6 Å². The lowest BCUT2D eigenvalue weighted by molar-refractivity contribution is -0.151. The van der Waals surface area contributed by atoms with E-state index in [9.17, 15) is 19.2 Å². The topological polar surface area (TPSA) is 138 Å². The summed E-state index contributed by atoms with van der Waals surface area (Å²) in [5.41, 5.74) is 5.83. The quantitative estimate of drug-likeness (QED) is 0.0270. The van der Waals surface area contributed by atoms with Gasteiger partial charge in [0.2, 0.25) is 0 Å². The zero-order valence-electron chi connectivity index (χ0n) is 69.4. The van der Waals surface area contributed by atoms with E-state index in [0.717, 1.165) is 154 Å². The summed E-state index contributed by atoms with van der Waals surface area (Å²) in [5, 5.41) is 0. The Morgan fingerprint density at radius 2 is 0.461 bits per heavy atom. The number of hydrogen-bond donors (Lipinski definition) is 1. The SMILES string of the molecule is CCCCCCCCCOC(=O)CCCCCCCN(CCCCl)CCCCCCCC(=O)OC(CCCCCCCC)CCCCCCCC.CCCCCCCCCOC(=O)CCCCCCCN(CCCN)CCCCCCCC(=O)OC(CCCCCCCC)CCCCCCCC. The lowest BCUT2D eigenvalue weighted by Crippen LogP contribution is -2.28. The Balaban J connectivity index is 0. The molecule has 2 N–H and O–H groups in total. The van der Waals surface area contributed by atoms with Crippen molar-refractivity contribution >= 4 is 35.5 Å². The van der Waals surface area contributed by atoms with Gasteiger partial charge >= 0.3 is 23.9 Å². The molecule has 0 heterocycles. The number of carbonyl (C=O) groups excluding carboxylic acids is 4. The number of ether oxygens (including phenoxy) is 4. The predicted molar refractivity (Wildman–Crippen MR) is 442 cm³/mol. The Morgan fingerprint density at radius 1 is 0.255 bits per heavy atom. The maximum absolute atomic E-state index is 12.7. The fourth-order valence-corrected chi connectivity index (χ4v) is 14.2. The van der Waals surface area contributed by atoms with Crippen molar-refractivity contribution in [2.24, 2.45) is 5.73 Å². The number of unbranched alkanes of at least 4 members (excludes halogenated alkanes) is 48. The third-order valence-corrected chi connectivity index (χ3v) is 21.1. The van der Waals surface area contributed by atoms with Crippen LogP contribution in [0, 0.1) is 0 Å². The molecular formula is C90H178ClN3O8. The number of halogens is 1. The summed E-state index contributed by atoms with van der Waals surface area (Å²) in [5.74, 6) is 0.756. The predicted octanol–water partition coefficient (Wildman–Crippen LogP) is 27.3. The number of carbonyl (C=O) groups is 4. The maximum Gasteiger partial charge on any atom is 0.306 e. The van der Waals surface area contributed by atoms with Crippen LogP contribution in [-0.2, 0) is 38.1 Å². The summed E-state index contributed by atoms with van der Waals surface area (Å²) in [7, 11) is 0. The van der Waals surface area contributed by atoms with Crippen molar-refractivity contribution in [3.8, 4) is 0 Å². The zero-order valence-corrected chi connectivity index (χ0v) is 70.2. The first-order chi connectivity index (χ1) is 50.1. The number of nitrogens with two attached hydrogens (primary N) is 1. The molecule has 0 unspecified atom stereocenters. The van der Waals surface area contributed by atoms with E-state index >= 15 is 0 Å². The number of nitrogens with zero attached hydrogens (tertiary/aromatic N) is 2. The van der Waals surface area contributed by atoms with E-state index in [1.54, 1.807) is 0 Å². The molecule has 0 amide bonds. The van der Waals surface area contributed by atoms with E-state index in [2.05, 4.69) is 51.3 Å². The summed E-state index contributed by atoms with van der Waals surface area (Å²) in [6.45, 7) is 22.2. The van der Waals surface area contributed by atoms with Crippen LogP contribution in [0.1, 0.15) is 478 Å². The van der Waals surface area contributed by atoms with Gasteiger partial charge in [0.15, 0.2) is 0 Å². The molecule has 11 nitrogen and oxygen atoms in total. The normalized spacial score (nSPS) is 11.6. The Kier molecular flexibility index (Phi) is 88.0. The van der Waals surface area contributed by atoms with Crippen molar-refractivity contribution in [2.75, 3.05) is 64.9 Å². The highest BCUT2D eigenvalue weighted by molar-refractivity contribution is 6.17. The molecule has 0 aromatic heterocycles. The summed E-state index contributed by atoms with van der Waals surface area (Å²) in [6.07, 6.45) is 80.0. The molecule has 608 valence electrons. The first-order valence-electron chi connectivity index (χ1n) is 45.5. The van der Waals surface area contributed by atoms with Crippen LogP contribution in [0.2, 0.25) is 0 Å². The summed E-state index contributed by atoms with van der Waals surface area (Å²) in [6, 6.07) is 0. The molecule has 0 spiro atoms. The Morgan fingerprint density at radius 3 is 0.716 bits per heavy atom.